The first-order valence-electron chi connectivity index (χ1n) is 6.96. The molecule has 1 fully saturated rings. The van der Waals surface area contributed by atoms with Gasteiger partial charge in [-0.2, -0.15) is 0 Å². The fourth-order valence-corrected chi connectivity index (χ4v) is 2.99. The Hall–Kier alpha value is -1.35. The van der Waals surface area contributed by atoms with E-state index in [1.807, 2.05) is 6.07 Å². The zero-order valence-electron chi connectivity index (χ0n) is 10.7. The minimum Gasteiger partial charge on any atom is -0.326 e. The minimum absolute atomic E-state index is 0.117. The quantitative estimate of drug-likeness (QED) is 0.853. The van der Waals surface area contributed by atoms with Crippen molar-refractivity contribution in [1.82, 2.24) is 5.32 Å². The molecular formula is C15H20N2O. The largest absolute Gasteiger partial charge is 0.326 e. The van der Waals surface area contributed by atoms with Crippen LogP contribution in [0.4, 0.5) is 5.69 Å². The summed E-state index contributed by atoms with van der Waals surface area (Å²) in [6.45, 7) is 1.05. The summed E-state index contributed by atoms with van der Waals surface area (Å²) in [6.07, 6.45) is 7.02. The second-order valence-electron chi connectivity index (χ2n) is 5.40. The van der Waals surface area contributed by atoms with E-state index in [2.05, 4.69) is 22.8 Å². The van der Waals surface area contributed by atoms with Crippen molar-refractivity contribution in [1.29, 1.82) is 0 Å². The molecule has 1 aliphatic carbocycles. The first kappa shape index (κ1) is 11.7. The number of benzene rings is 1. The normalized spacial score (nSPS) is 19.0. The van der Waals surface area contributed by atoms with Gasteiger partial charge in [-0.25, -0.2) is 0 Å². The Kier molecular flexibility index (Phi) is 3.33. The van der Waals surface area contributed by atoms with Gasteiger partial charge in [-0.15, -0.1) is 0 Å². The lowest BCUT2D eigenvalue weighted by atomic mass is 10.1. The fourth-order valence-electron chi connectivity index (χ4n) is 2.99. The van der Waals surface area contributed by atoms with Gasteiger partial charge < -0.3 is 10.6 Å². The van der Waals surface area contributed by atoms with E-state index >= 15 is 0 Å². The molecule has 3 nitrogen and oxygen atoms in total. The van der Waals surface area contributed by atoms with Gasteiger partial charge in [0.15, 0.2) is 0 Å². The third-order valence-corrected chi connectivity index (χ3v) is 4.00. The second kappa shape index (κ2) is 5.11. The molecule has 1 amide bonds. The zero-order chi connectivity index (χ0) is 12.4. The summed E-state index contributed by atoms with van der Waals surface area (Å²) in [6, 6.07) is 7.07. The Bertz CT molecular complexity index is 450. The molecule has 3 heteroatoms. The van der Waals surface area contributed by atoms with Gasteiger partial charge >= 0.3 is 0 Å². The minimum atomic E-state index is 0.117. The van der Waals surface area contributed by atoms with Crippen LogP contribution >= 0.6 is 0 Å². The van der Waals surface area contributed by atoms with E-state index in [4.69, 9.17) is 0 Å². The molecule has 1 heterocycles. The van der Waals surface area contributed by atoms with Gasteiger partial charge in [-0.3, -0.25) is 4.79 Å². The van der Waals surface area contributed by atoms with Crippen molar-refractivity contribution in [3.8, 4) is 0 Å². The maximum atomic E-state index is 11.3. The van der Waals surface area contributed by atoms with Crippen molar-refractivity contribution < 1.29 is 4.79 Å². The first-order chi connectivity index (χ1) is 8.81. The highest BCUT2D eigenvalue weighted by molar-refractivity contribution is 5.99. The average molecular weight is 244 g/mol. The summed E-state index contributed by atoms with van der Waals surface area (Å²) in [4.78, 5) is 11.3. The highest BCUT2D eigenvalue weighted by atomic mass is 16.1. The van der Waals surface area contributed by atoms with Crippen LogP contribution in [0.5, 0.6) is 0 Å². The van der Waals surface area contributed by atoms with Crippen molar-refractivity contribution in [2.45, 2.75) is 44.6 Å². The Morgan fingerprint density at radius 1 is 1.28 bits per heavy atom. The van der Waals surface area contributed by atoms with Crippen LogP contribution in [-0.4, -0.2) is 18.5 Å². The molecule has 0 unspecified atom stereocenters. The van der Waals surface area contributed by atoms with Crippen LogP contribution in [0.15, 0.2) is 18.2 Å². The third-order valence-electron chi connectivity index (χ3n) is 4.00. The van der Waals surface area contributed by atoms with Gasteiger partial charge in [0.2, 0.25) is 5.91 Å². The predicted octanol–water partition coefficient (Wildman–Crippen LogP) is 2.26. The molecule has 18 heavy (non-hydrogen) atoms. The molecule has 0 radical (unpaired) electrons. The Balaban J connectivity index is 1.54. The zero-order valence-corrected chi connectivity index (χ0v) is 10.7. The topological polar surface area (TPSA) is 41.1 Å². The summed E-state index contributed by atoms with van der Waals surface area (Å²) in [5.41, 5.74) is 3.47. The molecule has 1 aromatic rings. The number of nitrogens with one attached hydrogen (secondary N) is 2. The van der Waals surface area contributed by atoms with Crippen molar-refractivity contribution >= 4 is 11.6 Å². The van der Waals surface area contributed by atoms with Crippen LogP contribution in [0.25, 0.3) is 0 Å². The SMILES string of the molecule is O=C1Cc2cc(CCNC3CCCC3)ccc2N1. The second-order valence-corrected chi connectivity index (χ2v) is 5.40. The van der Waals surface area contributed by atoms with Crippen LogP contribution in [0.3, 0.4) is 0 Å². The molecule has 0 spiro atoms. The Labute approximate surface area is 108 Å². The number of hydrogen-bond donors (Lipinski definition) is 2. The van der Waals surface area contributed by atoms with E-state index < -0.39 is 0 Å². The van der Waals surface area contributed by atoms with Crippen LogP contribution in [0.1, 0.15) is 36.8 Å². The summed E-state index contributed by atoms with van der Waals surface area (Å²) < 4.78 is 0. The molecule has 96 valence electrons. The van der Waals surface area contributed by atoms with Gasteiger partial charge in [-0.1, -0.05) is 25.0 Å². The maximum Gasteiger partial charge on any atom is 0.228 e. The van der Waals surface area contributed by atoms with E-state index in [1.54, 1.807) is 0 Å². The fraction of sp³-hybridized carbons (Fsp3) is 0.533. The maximum absolute atomic E-state index is 11.3. The molecule has 2 aliphatic rings. The smallest absolute Gasteiger partial charge is 0.228 e. The van der Waals surface area contributed by atoms with Crippen LogP contribution in [0.2, 0.25) is 0 Å². The number of amides is 1. The Morgan fingerprint density at radius 2 is 2.11 bits per heavy atom. The van der Waals surface area contributed by atoms with E-state index in [-0.39, 0.29) is 5.91 Å². The molecule has 1 saturated carbocycles. The number of anilines is 1. The van der Waals surface area contributed by atoms with Crippen molar-refractivity contribution in [3.63, 3.8) is 0 Å². The van der Waals surface area contributed by atoms with Crippen LogP contribution in [-0.2, 0) is 17.6 Å². The van der Waals surface area contributed by atoms with Crippen molar-refractivity contribution in [2.75, 3.05) is 11.9 Å². The van der Waals surface area contributed by atoms with Crippen LogP contribution < -0.4 is 10.6 Å². The average Bonchev–Trinajstić information content (AvgIpc) is 2.96. The van der Waals surface area contributed by atoms with Gasteiger partial charge in [0.05, 0.1) is 6.42 Å². The lowest BCUT2D eigenvalue weighted by Crippen LogP contribution is -2.27. The molecule has 2 N–H and O–H groups in total. The molecular weight excluding hydrogens is 224 g/mol. The van der Waals surface area contributed by atoms with E-state index in [0.717, 1.165) is 30.3 Å². The first-order valence-corrected chi connectivity index (χ1v) is 6.96. The van der Waals surface area contributed by atoms with Gasteiger partial charge in [0, 0.05) is 11.7 Å². The van der Waals surface area contributed by atoms with E-state index in [9.17, 15) is 4.79 Å². The third kappa shape index (κ3) is 2.56. The van der Waals surface area contributed by atoms with E-state index in [0.29, 0.717) is 6.42 Å². The highest BCUT2D eigenvalue weighted by Crippen LogP contribution is 2.24. The van der Waals surface area contributed by atoms with E-state index in [1.165, 1.54) is 31.2 Å². The molecule has 0 aromatic heterocycles. The summed E-state index contributed by atoms with van der Waals surface area (Å²) in [7, 11) is 0. The molecule has 0 saturated heterocycles. The standard InChI is InChI=1S/C15H20N2O/c18-15-10-12-9-11(5-6-14(12)17-15)7-8-16-13-3-1-2-4-13/h5-6,9,13,16H,1-4,7-8,10H2,(H,17,18). The predicted molar refractivity (Wildman–Crippen MR) is 72.7 cm³/mol. The summed E-state index contributed by atoms with van der Waals surface area (Å²) in [5.74, 6) is 0.117. The number of carbonyl (C=O) groups excluding carboxylic acids is 1. The highest BCUT2D eigenvalue weighted by Gasteiger charge is 2.17. The molecule has 0 bridgehead atoms. The summed E-state index contributed by atoms with van der Waals surface area (Å²) >= 11 is 0. The molecule has 3 rings (SSSR count). The molecule has 0 atom stereocenters. The van der Waals surface area contributed by atoms with Gasteiger partial charge in [0.1, 0.15) is 0 Å². The van der Waals surface area contributed by atoms with Crippen molar-refractivity contribution in [3.05, 3.63) is 29.3 Å². The summed E-state index contributed by atoms with van der Waals surface area (Å²) in [5, 5.41) is 6.49. The molecule has 1 aliphatic heterocycles. The lowest BCUT2D eigenvalue weighted by molar-refractivity contribution is -0.115. The van der Waals surface area contributed by atoms with Gasteiger partial charge in [-0.05, 0) is 43.0 Å². The lowest BCUT2D eigenvalue weighted by Gasteiger charge is -2.11. The van der Waals surface area contributed by atoms with Gasteiger partial charge in [0.25, 0.3) is 0 Å². The number of rotatable bonds is 4. The molecule has 1 aromatic carbocycles. The number of fused-ring (bicyclic) bond motifs is 1. The van der Waals surface area contributed by atoms with Crippen molar-refractivity contribution in [2.24, 2.45) is 0 Å². The van der Waals surface area contributed by atoms with Crippen LogP contribution in [0, 0.1) is 0 Å². The Morgan fingerprint density at radius 3 is 2.94 bits per heavy atom. The monoisotopic (exact) mass is 244 g/mol. The number of hydrogen-bond acceptors (Lipinski definition) is 2. The number of carbonyl (C=O) groups is 1.